The molecule has 3 aromatic rings. The molecule has 1 unspecified atom stereocenters. The predicted octanol–water partition coefficient (Wildman–Crippen LogP) is 1.80. The summed E-state index contributed by atoms with van der Waals surface area (Å²) in [7, 11) is 1.59. The van der Waals surface area contributed by atoms with Crippen molar-refractivity contribution in [2.45, 2.75) is 12.5 Å². The number of nitriles is 1. The van der Waals surface area contributed by atoms with Gasteiger partial charge in [0.1, 0.15) is 35.1 Å². The first kappa shape index (κ1) is 20.8. The highest BCUT2D eigenvalue weighted by molar-refractivity contribution is 5.83. The summed E-state index contributed by atoms with van der Waals surface area (Å²) in [5.41, 5.74) is 0.551. The average Bonchev–Trinajstić information content (AvgIpc) is 2.81. The first-order valence-electron chi connectivity index (χ1n) is 10.2. The number of hydrogen-bond acceptors (Lipinski definition) is 8. The molecule has 4 rings (SSSR count). The maximum Gasteiger partial charge on any atom is 0.258 e. The zero-order valence-corrected chi connectivity index (χ0v) is 17.3. The van der Waals surface area contributed by atoms with E-state index in [2.05, 4.69) is 30.8 Å². The van der Waals surface area contributed by atoms with Crippen molar-refractivity contribution in [3.63, 3.8) is 0 Å². The largest absolute Gasteiger partial charge is 0.506 e. The van der Waals surface area contributed by atoms with Gasteiger partial charge in [-0.1, -0.05) is 6.07 Å². The lowest BCUT2D eigenvalue weighted by Gasteiger charge is -2.35. The molecular weight excluding hydrogens is 396 g/mol. The van der Waals surface area contributed by atoms with Crippen LogP contribution in [0.5, 0.6) is 5.75 Å². The number of nitrogens with one attached hydrogen (secondary N) is 1. The van der Waals surface area contributed by atoms with Crippen molar-refractivity contribution in [1.82, 2.24) is 19.9 Å². The Morgan fingerprint density at radius 1 is 1.26 bits per heavy atom. The topological polar surface area (TPSA) is 118 Å². The number of phenolic OH excluding ortho intramolecular Hbond substituents is 1. The lowest BCUT2D eigenvalue weighted by atomic mass is 10.1. The summed E-state index contributed by atoms with van der Waals surface area (Å²) in [6.45, 7) is 4.22. The van der Waals surface area contributed by atoms with Gasteiger partial charge in [0.2, 0.25) is 0 Å². The number of nitrogens with zero attached hydrogens (tertiary/aromatic N) is 5. The Hall–Kier alpha value is -3.48. The molecule has 3 heterocycles. The molecule has 0 bridgehead atoms. The van der Waals surface area contributed by atoms with Crippen LogP contribution in [0.3, 0.4) is 0 Å². The molecule has 9 heteroatoms. The SMILES string of the molecule is COC(CCN1CCN(c2ccc(C#N)cn2)CC1)c1nc2c(O)cccc2c(=O)[nH]1. The molecule has 31 heavy (non-hydrogen) atoms. The van der Waals surface area contributed by atoms with Gasteiger partial charge < -0.3 is 19.7 Å². The molecule has 1 saturated heterocycles. The average molecular weight is 420 g/mol. The monoisotopic (exact) mass is 420 g/mol. The number of hydrogen-bond donors (Lipinski definition) is 2. The first-order chi connectivity index (χ1) is 15.1. The minimum absolute atomic E-state index is 0.0211. The highest BCUT2D eigenvalue weighted by atomic mass is 16.5. The molecule has 1 aromatic carbocycles. The molecule has 0 amide bonds. The number of piperazine rings is 1. The van der Waals surface area contributed by atoms with Crippen LogP contribution in [-0.2, 0) is 4.74 Å². The van der Waals surface area contributed by atoms with Crippen LogP contribution >= 0.6 is 0 Å². The Morgan fingerprint density at radius 2 is 2.06 bits per heavy atom. The number of benzene rings is 1. The molecular formula is C22H24N6O3. The van der Waals surface area contributed by atoms with Crippen LogP contribution in [-0.4, -0.2) is 64.8 Å². The summed E-state index contributed by atoms with van der Waals surface area (Å²) in [6.07, 6.45) is 1.88. The number of para-hydroxylation sites is 1. The number of H-pyrrole nitrogens is 1. The van der Waals surface area contributed by atoms with E-state index in [9.17, 15) is 9.90 Å². The lowest BCUT2D eigenvalue weighted by Crippen LogP contribution is -2.47. The molecule has 1 fully saturated rings. The molecule has 2 aromatic heterocycles. The van der Waals surface area contributed by atoms with E-state index < -0.39 is 0 Å². The molecule has 0 saturated carbocycles. The van der Waals surface area contributed by atoms with E-state index >= 15 is 0 Å². The minimum Gasteiger partial charge on any atom is -0.506 e. The van der Waals surface area contributed by atoms with Crippen LogP contribution in [0.25, 0.3) is 10.9 Å². The van der Waals surface area contributed by atoms with Gasteiger partial charge in [0.15, 0.2) is 0 Å². The smallest absolute Gasteiger partial charge is 0.258 e. The highest BCUT2D eigenvalue weighted by Crippen LogP contribution is 2.23. The van der Waals surface area contributed by atoms with E-state index in [1.807, 2.05) is 6.07 Å². The van der Waals surface area contributed by atoms with Crippen molar-refractivity contribution >= 4 is 16.7 Å². The van der Waals surface area contributed by atoms with Gasteiger partial charge in [-0.3, -0.25) is 9.69 Å². The lowest BCUT2D eigenvalue weighted by molar-refractivity contribution is 0.0755. The van der Waals surface area contributed by atoms with E-state index in [-0.39, 0.29) is 22.9 Å². The number of anilines is 1. The maximum atomic E-state index is 12.4. The van der Waals surface area contributed by atoms with Gasteiger partial charge in [0.05, 0.1) is 10.9 Å². The number of fused-ring (bicyclic) bond motifs is 1. The second-order valence-electron chi connectivity index (χ2n) is 7.48. The van der Waals surface area contributed by atoms with Crippen molar-refractivity contribution in [2.24, 2.45) is 0 Å². The summed E-state index contributed by atoms with van der Waals surface area (Å²) in [6, 6.07) is 10.5. The second-order valence-corrected chi connectivity index (χ2v) is 7.48. The van der Waals surface area contributed by atoms with Crippen molar-refractivity contribution in [1.29, 1.82) is 5.26 Å². The van der Waals surface area contributed by atoms with Crippen LogP contribution < -0.4 is 10.5 Å². The van der Waals surface area contributed by atoms with Crippen LogP contribution in [0.15, 0.2) is 41.3 Å². The quantitative estimate of drug-likeness (QED) is 0.620. The van der Waals surface area contributed by atoms with E-state index in [1.54, 1.807) is 31.5 Å². The van der Waals surface area contributed by atoms with E-state index in [0.29, 0.717) is 23.2 Å². The van der Waals surface area contributed by atoms with E-state index in [4.69, 9.17) is 10.00 Å². The summed E-state index contributed by atoms with van der Waals surface area (Å²) in [5.74, 6) is 1.28. The number of rotatable bonds is 6. The molecule has 9 nitrogen and oxygen atoms in total. The fourth-order valence-electron chi connectivity index (χ4n) is 3.82. The fourth-order valence-corrected chi connectivity index (χ4v) is 3.82. The number of aromatic nitrogens is 3. The van der Waals surface area contributed by atoms with Gasteiger partial charge in [-0.25, -0.2) is 9.97 Å². The summed E-state index contributed by atoms with van der Waals surface area (Å²) in [5, 5.41) is 19.3. The Labute approximate surface area is 179 Å². The molecule has 1 atom stereocenters. The van der Waals surface area contributed by atoms with E-state index in [1.165, 1.54) is 6.07 Å². The number of phenols is 1. The minimum atomic E-state index is -0.380. The molecule has 0 spiro atoms. The third kappa shape index (κ3) is 4.50. The molecule has 160 valence electrons. The standard InChI is InChI=1S/C22H24N6O3/c1-31-18(21-25-20-16(22(30)26-21)3-2-4-17(20)29)7-8-27-9-11-28(12-10-27)19-6-5-15(13-23)14-24-19/h2-6,14,18,29H,7-12H2,1H3,(H,25,26,30). The summed E-state index contributed by atoms with van der Waals surface area (Å²) < 4.78 is 5.60. The van der Waals surface area contributed by atoms with Crippen molar-refractivity contribution in [3.05, 3.63) is 58.3 Å². The molecule has 1 aliphatic heterocycles. The van der Waals surface area contributed by atoms with Crippen molar-refractivity contribution in [3.8, 4) is 11.8 Å². The summed E-state index contributed by atoms with van der Waals surface area (Å²) >= 11 is 0. The van der Waals surface area contributed by atoms with Gasteiger partial charge in [0.25, 0.3) is 5.56 Å². The second kappa shape index (κ2) is 9.12. The maximum absolute atomic E-state index is 12.4. The normalized spacial score (nSPS) is 15.7. The number of ether oxygens (including phenoxy) is 1. The third-order valence-electron chi connectivity index (χ3n) is 5.60. The number of aromatic hydroxyl groups is 1. The van der Waals surface area contributed by atoms with Crippen LogP contribution in [0.4, 0.5) is 5.82 Å². The molecule has 2 N–H and O–H groups in total. The first-order valence-corrected chi connectivity index (χ1v) is 10.2. The zero-order chi connectivity index (χ0) is 21.8. The summed E-state index contributed by atoms with van der Waals surface area (Å²) in [4.78, 5) is 28.5. The Kier molecular flexibility index (Phi) is 6.11. The van der Waals surface area contributed by atoms with Gasteiger partial charge >= 0.3 is 0 Å². The number of methoxy groups -OCH3 is 1. The highest BCUT2D eigenvalue weighted by Gasteiger charge is 2.21. The Bertz CT molecular complexity index is 1150. The van der Waals surface area contributed by atoms with Crippen molar-refractivity contribution in [2.75, 3.05) is 44.7 Å². The van der Waals surface area contributed by atoms with Crippen LogP contribution in [0, 0.1) is 11.3 Å². The van der Waals surface area contributed by atoms with Crippen molar-refractivity contribution < 1.29 is 9.84 Å². The Morgan fingerprint density at radius 3 is 2.74 bits per heavy atom. The van der Waals surface area contributed by atoms with Gasteiger partial charge in [-0.2, -0.15) is 5.26 Å². The fraction of sp³-hybridized carbons (Fsp3) is 0.364. The molecule has 1 aliphatic rings. The predicted molar refractivity (Wildman–Crippen MR) is 116 cm³/mol. The molecule has 0 aliphatic carbocycles. The third-order valence-corrected chi connectivity index (χ3v) is 5.60. The van der Waals surface area contributed by atoms with Gasteiger partial charge in [0, 0.05) is 46.0 Å². The number of pyridine rings is 1. The number of aromatic amines is 1. The van der Waals surface area contributed by atoms with E-state index in [0.717, 1.165) is 38.5 Å². The zero-order valence-electron chi connectivity index (χ0n) is 17.3. The molecule has 0 radical (unpaired) electrons. The van der Waals surface area contributed by atoms with Gasteiger partial charge in [-0.05, 0) is 30.7 Å². The Balaban J connectivity index is 1.37. The van der Waals surface area contributed by atoms with Crippen LogP contribution in [0.1, 0.15) is 23.9 Å². The van der Waals surface area contributed by atoms with Crippen LogP contribution in [0.2, 0.25) is 0 Å². The van der Waals surface area contributed by atoms with Gasteiger partial charge in [-0.15, -0.1) is 0 Å².